The van der Waals surface area contributed by atoms with Gasteiger partial charge in [-0.25, -0.2) is 5.01 Å². The molecule has 10 heteroatoms. The van der Waals surface area contributed by atoms with Crippen molar-refractivity contribution in [3.8, 4) is 0 Å². The molecule has 1 saturated carbocycles. The van der Waals surface area contributed by atoms with E-state index in [1.807, 2.05) is 0 Å². The normalized spacial score (nSPS) is 24.3. The molecule has 1 aromatic heterocycles. The summed E-state index contributed by atoms with van der Waals surface area (Å²) in [6.45, 7) is 1.40. The van der Waals surface area contributed by atoms with Gasteiger partial charge >= 0.3 is 5.88 Å². The first-order valence-electron chi connectivity index (χ1n) is 8.90. The van der Waals surface area contributed by atoms with Gasteiger partial charge in [-0.2, -0.15) is 5.10 Å². The Balaban J connectivity index is 1.76. The maximum atomic E-state index is 12.9. The first-order valence-corrected chi connectivity index (χ1v) is 8.90. The van der Waals surface area contributed by atoms with Gasteiger partial charge in [0.05, 0.1) is 18.9 Å². The average Bonchev–Trinajstić information content (AvgIpc) is 3.11. The first kappa shape index (κ1) is 19.0. The van der Waals surface area contributed by atoms with Crippen LogP contribution in [0, 0.1) is 10.1 Å². The number of carbonyl (C=O) groups excluding carboxylic acids is 2. The van der Waals surface area contributed by atoms with Crippen LogP contribution in [-0.2, 0) is 14.3 Å². The van der Waals surface area contributed by atoms with Gasteiger partial charge < -0.3 is 14.5 Å². The lowest BCUT2D eigenvalue weighted by molar-refractivity contribution is -0.402. The van der Waals surface area contributed by atoms with Crippen LogP contribution in [0.15, 0.2) is 21.7 Å². The average molecular weight is 378 g/mol. The third-order valence-electron chi connectivity index (χ3n) is 4.83. The first-order chi connectivity index (χ1) is 12.9. The van der Waals surface area contributed by atoms with Crippen molar-refractivity contribution in [2.75, 3.05) is 13.2 Å². The number of hydrazone groups is 1. The molecule has 1 saturated heterocycles. The van der Waals surface area contributed by atoms with Gasteiger partial charge in [0.1, 0.15) is 11.5 Å². The van der Waals surface area contributed by atoms with E-state index in [1.165, 1.54) is 18.3 Å². The molecule has 0 bridgehead atoms. The summed E-state index contributed by atoms with van der Waals surface area (Å²) in [6.07, 6.45) is 6.30. The Morgan fingerprint density at radius 3 is 2.81 bits per heavy atom. The van der Waals surface area contributed by atoms with E-state index in [2.05, 4.69) is 10.4 Å². The number of nitro groups is 1. The lowest BCUT2D eigenvalue weighted by Gasteiger charge is -2.40. The molecule has 10 nitrogen and oxygen atoms in total. The number of carbonyl (C=O) groups is 2. The van der Waals surface area contributed by atoms with Gasteiger partial charge in [0.25, 0.3) is 5.91 Å². The number of nitrogens with one attached hydrogen (secondary N) is 1. The Morgan fingerprint density at radius 1 is 1.41 bits per heavy atom. The third kappa shape index (κ3) is 4.16. The largest absolute Gasteiger partial charge is 0.433 e. The van der Waals surface area contributed by atoms with Crippen LogP contribution in [-0.4, -0.2) is 52.8 Å². The predicted octanol–water partition coefficient (Wildman–Crippen LogP) is 1.59. The molecule has 0 radical (unpaired) electrons. The minimum absolute atomic E-state index is 0.00688. The second kappa shape index (κ2) is 7.87. The summed E-state index contributed by atoms with van der Waals surface area (Å²) in [5, 5.41) is 18.8. The number of morpholine rings is 1. The van der Waals surface area contributed by atoms with Gasteiger partial charge in [0.15, 0.2) is 11.3 Å². The molecule has 1 N–H and O–H groups in total. The van der Waals surface area contributed by atoms with Crippen LogP contribution in [0.3, 0.4) is 0 Å². The summed E-state index contributed by atoms with van der Waals surface area (Å²) in [5.74, 6) is -1.12. The number of rotatable bonds is 5. The van der Waals surface area contributed by atoms with Gasteiger partial charge in [0, 0.05) is 6.04 Å². The van der Waals surface area contributed by atoms with Crippen molar-refractivity contribution in [2.45, 2.75) is 50.6 Å². The monoisotopic (exact) mass is 378 g/mol. The highest BCUT2D eigenvalue weighted by atomic mass is 16.6. The summed E-state index contributed by atoms with van der Waals surface area (Å²) in [6, 6.07) is 2.64. The second-order valence-electron chi connectivity index (χ2n) is 6.96. The number of hydrogen-bond donors (Lipinski definition) is 1. The topological polar surface area (TPSA) is 127 Å². The molecular formula is C17H22N4O6. The maximum absolute atomic E-state index is 12.9. The molecule has 146 valence electrons. The third-order valence-corrected chi connectivity index (χ3v) is 4.83. The van der Waals surface area contributed by atoms with Gasteiger partial charge in [-0.15, -0.1) is 0 Å². The van der Waals surface area contributed by atoms with E-state index in [-0.39, 0.29) is 30.9 Å². The summed E-state index contributed by atoms with van der Waals surface area (Å²) in [5.41, 5.74) is -1.30. The van der Waals surface area contributed by atoms with Crippen LogP contribution in [0.2, 0.25) is 0 Å². The highest BCUT2D eigenvalue weighted by Crippen LogP contribution is 2.24. The number of amides is 2. The van der Waals surface area contributed by atoms with E-state index in [9.17, 15) is 19.7 Å². The fourth-order valence-electron chi connectivity index (χ4n) is 3.30. The van der Waals surface area contributed by atoms with E-state index in [0.717, 1.165) is 37.1 Å². The smallest absolute Gasteiger partial charge is 0.400 e. The van der Waals surface area contributed by atoms with Gasteiger partial charge in [-0.3, -0.25) is 19.7 Å². The molecule has 0 spiro atoms. The molecule has 2 fully saturated rings. The Labute approximate surface area is 155 Å². The lowest BCUT2D eigenvalue weighted by Crippen LogP contribution is -2.64. The Bertz CT molecular complexity index is 754. The van der Waals surface area contributed by atoms with E-state index >= 15 is 0 Å². The van der Waals surface area contributed by atoms with Crippen LogP contribution in [0.5, 0.6) is 0 Å². The number of furan rings is 1. The fraction of sp³-hybridized carbons (Fsp3) is 0.588. The highest BCUT2D eigenvalue weighted by molar-refractivity contribution is 5.93. The van der Waals surface area contributed by atoms with E-state index in [0.29, 0.717) is 0 Å². The molecule has 2 heterocycles. The van der Waals surface area contributed by atoms with Crippen molar-refractivity contribution in [2.24, 2.45) is 5.10 Å². The van der Waals surface area contributed by atoms with Gasteiger partial charge in [-0.1, -0.05) is 19.3 Å². The Kier molecular flexibility index (Phi) is 5.54. The van der Waals surface area contributed by atoms with Crippen molar-refractivity contribution in [3.05, 3.63) is 28.0 Å². The van der Waals surface area contributed by atoms with Gasteiger partial charge in [-0.05, 0) is 25.8 Å². The zero-order valence-electron chi connectivity index (χ0n) is 15.1. The molecule has 1 aliphatic heterocycles. The molecule has 3 rings (SSSR count). The predicted molar refractivity (Wildman–Crippen MR) is 94.0 cm³/mol. The summed E-state index contributed by atoms with van der Waals surface area (Å²) in [7, 11) is 0. The van der Waals surface area contributed by atoms with Crippen LogP contribution >= 0.6 is 0 Å². The Morgan fingerprint density at radius 2 is 2.15 bits per heavy atom. The quantitative estimate of drug-likeness (QED) is 0.471. The van der Waals surface area contributed by atoms with E-state index in [1.54, 1.807) is 6.92 Å². The number of ether oxygens (including phenoxy) is 1. The van der Waals surface area contributed by atoms with E-state index < -0.39 is 22.3 Å². The van der Waals surface area contributed by atoms with Crippen molar-refractivity contribution in [1.82, 2.24) is 10.3 Å². The molecular weight excluding hydrogens is 356 g/mol. The number of hydrogen-bond acceptors (Lipinski definition) is 7. The van der Waals surface area contributed by atoms with Crippen LogP contribution in [0.4, 0.5) is 5.88 Å². The number of nitrogens with zero attached hydrogens (tertiary/aromatic N) is 3. The lowest BCUT2D eigenvalue weighted by atomic mass is 9.93. The Hall–Kier alpha value is -2.75. The second-order valence-corrected chi connectivity index (χ2v) is 6.96. The van der Waals surface area contributed by atoms with E-state index in [4.69, 9.17) is 9.15 Å². The molecule has 1 aliphatic carbocycles. The molecule has 27 heavy (non-hydrogen) atoms. The standard InChI is InChI=1S/C17H22N4O6/c1-17(16(23)19-12-5-3-2-4-6-12)11-26-10-14(22)20(17)18-9-13-7-8-15(27-13)21(24)25/h7-9,12H,2-6,10-11H2,1H3,(H,19,23)/b18-9+. The molecule has 2 aliphatic rings. The van der Waals surface area contributed by atoms with Crippen LogP contribution in [0.25, 0.3) is 0 Å². The molecule has 0 aromatic carbocycles. The van der Waals surface area contributed by atoms with Crippen molar-refractivity contribution < 1.29 is 23.7 Å². The highest BCUT2D eigenvalue weighted by Gasteiger charge is 2.46. The molecule has 2 amide bonds. The molecule has 1 aromatic rings. The van der Waals surface area contributed by atoms with Crippen molar-refractivity contribution in [1.29, 1.82) is 0 Å². The minimum Gasteiger partial charge on any atom is -0.400 e. The zero-order valence-corrected chi connectivity index (χ0v) is 15.1. The van der Waals surface area contributed by atoms with Crippen molar-refractivity contribution in [3.63, 3.8) is 0 Å². The minimum atomic E-state index is -1.30. The fourth-order valence-corrected chi connectivity index (χ4v) is 3.30. The molecule has 1 unspecified atom stereocenters. The van der Waals surface area contributed by atoms with Crippen molar-refractivity contribution >= 4 is 23.9 Å². The summed E-state index contributed by atoms with van der Waals surface area (Å²) >= 11 is 0. The SMILES string of the molecule is CC1(C(=O)NC2CCCCC2)COCC(=O)N1/N=C/c1ccc([N+](=O)[O-])o1. The van der Waals surface area contributed by atoms with Gasteiger partial charge in [0.2, 0.25) is 5.91 Å². The zero-order chi connectivity index (χ0) is 19.4. The van der Waals surface area contributed by atoms with Crippen LogP contribution < -0.4 is 5.32 Å². The van der Waals surface area contributed by atoms with Crippen LogP contribution in [0.1, 0.15) is 44.8 Å². The maximum Gasteiger partial charge on any atom is 0.433 e. The summed E-state index contributed by atoms with van der Waals surface area (Å²) in [4.78, 5) is 35.2. The molecule has 1 atom stereocenters. The summed E-state index contributed by atoms with van der Waals surface area (Å²) < 4.78 is 10.3.